The number of furan rings is 1. The Kier molecular flexibility index (Phi) is 2.18. The zero-order valence-corrected chi connectivity index (χ0v) is 7.10. The van der Waals surface area contributed by atoms with E-state index in [1.165, 1.54) is 12.1 Å². The summed E-state index contributed by atoms with van der Waals surface area (Å²) in [5.41, 5.74) is -0.898. The summed E-state index contributed by atoms with van der Waals surface area (Å²) in [6.07, 6.45) is 1.13. The van der Waals surface area contributed by atoms with E-state index in [2.05, 4.69) is 9.40 Å². The molecule has 0 radical (unpaired) electrons. The van der Waals surface area contributed by atoms with Gasteiger partial charge in [0.2, 0.25) is 0 Å². The van der Waals surface area contributed by atoms with Gasteiger partial charge in [-0.3, -0.25) is 0 Å². The maximum atomic E-state index is 13.1. The van der Waals surface area contributed by atoms with E-state index in [4.69, 9.17) is 0 Å². The first-order valence-electron chi connectivity index (χ1n) is 3.85. The molecule has 0 unspecified atom stereocenters. The molecule has 2 aromatic heterocycles. The summed E-state index contributed by atoms with van der Waals surface area (Å²) in [5.74, 6) is -6.88. The Hall–Kier alpha value is -1.85. The van der Waals surface area contributed by atoms with Crippen LogP contribution in [0.3, 0.4) is 0 Å². The lowest BCUT2D eigenvalue weighted by Crippen LogP contribution is -2.02. The zero-order chi connectivity index (χ0) is 11.0. The lowest BCUT2D eigenvalue weighted by molar-refractivity contribution is 0.406. The maximum absolute atomic E-state index is 13.1. The Balaban J connectivity index is 2.75. The average molecular weight is 217 g/mol. The smallest absolute Gasteiger partial charge is 0.252 e. The van der Waals surface area contributed by atoms with Gasteiger partial charge in [-0.05, 0) is 12.1 Å². The van der Waals surface area contributed by atoms with Crippen molar-refractivity contribution in [1.82, 2.24) is 4.98 Å². The average Bonchev–Trinajstić information content (AvgIpc) is 2.69. The molecule has 0 saturated heterocycles. The van der Waals surface area contributed by atoms with Gasteiger partial charge in [0, 0.05) is 0 Å². The van der Waals surface area contributed by atoms with Gasteiger partial charge in [0.25, 0.3) is 11.9 Å². The van der Waals surface area contributed by atoms with E-state index in [-0.39, 0.29) is 5.76 Å². The van der Waals surface area contributed by atoms with Crippen molar-refractivity contribution >= 4 is 0 Å². The van der Waals surface area contributed by atoms with Gasteiger partial charge in [-0.25, -0.2) is 8.78 Å². The summed E-state index contributed by atoms with van der Waals surface area (Å²) in [6.45, 7) is 0. The minimum absolute atomic E-state index is 0.301. The molecule has 0 N–H and O–H groups in total. The van der Waals surface area contributed by atoms with Crippen LogP contribution in [-0.4, -0.2) is 4.98 Å². The first kappa shape index (κ1) is 9.70. The second kappa shape index (κ2) is 3.38. The molecule has 0 atom stereocenters. The molecule has 2 rings (SSSR count). The second-order valence-corrected chi connectivity index (χ2v) is 2.67. The van der Waals surface area contributed by atoms with Crippen molar-refractivity contribution in [2.45, 2.75) is 0 Å². The van der Waals surface area contributed by atoms with Crippen molar-refractivity contribution < 1.29 is 22.0 Å². The maximum Gasteiger partial charge on any atom is 0.252 e. The van der Waals surface area contributed by atoms with Crippen LogP contribution in [-0.2, 0) is 0 Å². The molecule has 2 nitrogen and oxygen atoms in total. The molecule has 6 heteroatoms. The van der Waals surface area contributed by atoms with Crippen LogP contribution in [0.5, 0.6) is 0 Å². The van der Waals surface area contributed by atoms with Crippen LogP contribution >= 0.6 is 0 Å². The Morgan fingerprint density at radius 2 is 1.60 bits per heavy atom. The van der Waals surface area contributed by atoms with Crippen LogP contribution in [0, 0.1) is 23.5 Å². The third kappa shape index (κ3) is 1.47. The summed E-state index contributed by atoms with van der Waals surface area (Å²) in [6, 6.07) is 2.52. The number of nitrogens with zero attached hydrogens (tertiary/aromatic N) is 1. The number of rotatable bonds is 1. The summed E-state index contributed by atoms with van der Waals surface area (Å²) >= 11 is 0. The normalized spacial score (nSPS) is 10.7. The van der Waals surface area contributed by atoms with E-state index in [9.17, 15) is 17.6 Å². The summed E-state index contributed by atoms with van der Waals surface area (Å²) in [7, 11) is 0. The predicted octanol–water partition coefficient (Wildman–Crippen LogP) is 2.90. The van der Waals surface area contributed by atoms with E-state index in [0.29, 0.717) is 0 Å². The number of halogens is 4. The van der Waals surface area contributed by atoms with Crippen LogP contribution in [0.1, 0.15) is 0 Å². The molecule has 0 spiro atoms. The van der Waals surface area contributed by atoms with Gasteiger partial charge in [-0.1, -0.05) is 0 Å². The Labute approximate surface area is 81.2 Å². The second-order valence-electron chi connectivity index (χ2n) is 2.67. The van der Waals surface area contributed by atoms with E-state index in [1.54, 1.807) is 0 Å². The molecule has 0 fully saturated rings. The number of hydrogen-bond acceptors (Lipinski definition) is 2. The van der Waals surface area contributed by atoms with Crippen molar-refractivity contribution in [3.63, 3.8) is 0 Å². The fourth-order valence-corrected chi connectivity index (χ4v) is 1.12. The molecule has 0 amide bonds. The van der Waals surface area contributed by atoms with E-state index >= 15 is 0 Å². The molecule has 0 aliphatic heterocycles. The number of pyridine rings is 1. The number of hydrogen-bond donors (Lipinski definition) is 0. The Morgan fingerprint density at radius 3 is 2.07 bits per heavy atom. The largest absolute Gasteiger partial charge is 0.464 e. The summed E-state index contributed by atoms with van der Waals surface area (Å²) in [4.78, 5) is 2.42. The minimum atomic E-state index is -1.71. The van der Waals surface area contributed by atoms with Gasteiger partial charge in [0.05, 0.1) is 11.8 Å². The van der Waals surface area contributed by atoms with Gasteiger partial charge < -0.3 is 4.42 Å². The van der Waals surface area contributed by atoms with E-state index in [1.807, 2.05) is 0 Å². The highest BCUT2D eigenvalue weighted by Crippen LogP contribution is 2.28. The van der Waals surface area contributed by atoms with Gasteiger partial charge in [0.1, 0.15) is 5.76 Å². The number of aromatic nitrogens is 1. The highest BCUT2D eigenvalue weighted by atomic mass is 19.2. The third-order valence-corrected chi connectivity index (χ3v) is 1.77. The quantitative estimate of drug-likeness (QED) is 0.542. The van der Waals surface area contributed by atoms with Crippen molar-refractivity contribution in [3.05, 3.63) is 41.9 Å². The molecular formula is C9H3F4NO. The molecule has 78 valence electrons. The van der Waals surface area contributed by atoms with Gasteiger partial charge >= 0.3 is 0 Å². The molecule has 0 saturated carbocycles. The minimum Gasteiger partial charge on any atom is -0.464 e. The summed E-state index contributed by atoms with van der Waals surface area (Å²) < 4.78 is 56.2. The van der Waals surface area contributed by atoms with Crippen LogP contribution in [0.25, 0.3) is 11.3 Å². The SMILES string of the molecule is Fc1nc(F)c(F)c(-c2ccco2)c1F. The summed E-state index contributed by atoms with van der Waals surface area (Å²) in [5, 5.41) is 0. The molecule has 0 aliphatic carbocycles. The molecular weight excluding hydrogens is 214 g/mol. The van der Waals surface area contributed by atoms with E-state index in [0.717, 1.165) is 6.26 Å². The molecule has 2 heterocycles. The van der Waals surface area contributed by atoms with Crippen molar-refractivity contribution in [2.24, 2.45) is 0 Å². The van der Waals surface area contributed by atoms with Crippen LogP contribution in [0.4, 0.5) is 17.6 Å². The fraction of sp³-hybridized carbons (Fsp3) is 0. The predicted molar refractivity (Wildman–Crippen MR) is 41.8 cm³/mol. The van der Waals surface area contributed by atoms with Gasteiger partial charge in [-0.15, -0.1) is 0 Å². The van der Waals surface area contributed by atoms with Gasteiger partial charge in [-0.2, -0.15) is 13.8 Å². The van der Waals surface area contributed by atoms with Crippen molar-refractivity contribution in [1.29, 1.82) is 0 Å². The third-order valence-electron chi connectivity index (χ3n) is 1.77. The topological polar surface area (TPSA) is 26.0 Å². The van der Waals surface area contributed by atoms with Crippen molar-refractivity contribution in [2.75, 3.05) is 0 Å². The first-order valence-corrected chi connectivity index (χ1v) is 3.85. The molecule has 2 aromatic rings. The highest BCUT2D eigenvalue weighted by Gasteiger charge is 2.23. The van der Waals surface area contributed by atoms with E-state index < -0.39 is 29.1 Å². The monoisotopic (exact) mass is 217 g/mol. The molecule has 0 aromatic carbocycles. The zero-order valence-electron chi connectivity index (χ0n) is 7.10. The lowest BCUT2D eigenvalue weighted by atomic mass is 10.2. The van der Waals surface area contributed by atoms with Crippen LogP contribution in [0.2, 0.25) is 0 Å². The molecule has 0 bridgehead atoms. The lowest BCUT2D eigenvalue weighted by Gasteiger charge is -2.02. The van der Waals surface area contributed by atoms with Crippen LogP contribution in [0.15, 0.2) is 22.8 Å². The first-order chi connectivity index (χ1) is 7.11. The molecule has 15 heavy (non-hydrogen) atoms. The molecule has 0 aliphatic rings. The van der Waals surface area contributed by atoms with Crippen LogP contribution < -0.4 is 0 Å². The standard InChI is InChI=1S/C9H3F4NO/c10-6-5(4-2-1-3-15-4)7(11)9(13)14-8(6)12/h1-3H. The Bertz CT molecular complexity index is 469. The Morgan fingerprint density at radius 1 is 1.00 bits per heavy atom. The highest BCUT2D eigenvalue weighted by molar-refractivity contribution is 5.58. The fourth-order valence-electron chi connectivity index (χ4n) is 1.12. The van der Waals surface area contributed by atoms with Gasteiger partial charge in [0.15, 0.2) is 11.6 Å². The van der Waals surface area contributed by atoms with Crippen molar-refractivity contribution in [3.8, 4) is 11.3 Å².